The van der Waals surface area contributed by atoms with Gasteiger partial charge in [0.15, 0.2) is 0 Å². The van der Waals surface area contributed by atoms with Crippen molar-refractivity contribution < 1.29 is 14.5 Å². The smallest absolute Gasteiger partial charge is 0.307 e. The summed E-state index contributed by atoms with van der Waals surface area (Å²) in [6.45, 7) is 2.74. The highest BCUT2D eigenvalue weighted by molar-refractivity contribution is 5.71. The van der Waals surface area contributed by atoms with Gasteiger partial charge in [-0.15, -0.1) is 0 Å². The predicted molar refractivity (Wildman–Crippen MR) is 79.5 cm³/mol. The molecule has 1 aliphatic rings. The first kappa shape index (κ1) is 15.3. The third-order valence-electron chi connectivity index (χ3n) is 3.97. The number of methoxy groups -OCH3 is 1. The summed E-state index contributed by atoms with van der Waals surface area (Å²) in [6, 6.07) is 4.92. The van der Waals surface area contributed by atoms with Gasteiger partial charge >= 0.3 is 5.97 Å². The van der Waals surface area contributed by atoms with Crippen LogP contribution in [0.25, 0.3) is 0 Å². The Kier molecular flexibility index (Phi) is 4.77. The largest absolute Gasteiger partial charge is 0.469 e. The maximum Gasteiger partial charge on any atom is 0.307 e. The van der Waals surface area contributed by atoms with E-state index in [1.807, 2.05) is 6.92 Å². The molecule has 2 rings (SSSR count). The van der Waals surface area contributed by atoms with Gasteiger partial charge < -0.3 is 9.64 Å². The van der Waals surface area contributed by atoms with E-state index in [1.54, 1.807) is 12.1 Å². The Morgan fingerprint density at radius 2 is 2.24 bits per heavy atom. The summed E-state index contributed by atoms with van der Waals surface area (Å²) in [5.41, 5.74) is 1.91. The average molecular weight is 292 g/mol. The van der Waals surface area contributed by atoms with Crippen molar-refractivity contribution in [2.24, 2.45) is 0 Å². The van der Waals surface area contributed by atoms with Gasteiger partial charge in [0.2, 0.25) is 0 Å². The maximum absolute atomic E-state index is 11.6. The number of non-ortho nitro benzene ring substituents is 1. The Labute approximate surface area is 123 Å². The minimum Gasteiger partial charge on any atom is -0.469 e. The number of nitrogens with zero attached hydrogens (tertiary/aromatic N) is 2. The molecule has 0 N–H and O–H groups in total. The molecule has 1 aromatic carbocycles. The lowest BCUT2D eigenvalue weighted by molar-refractivity contribution is -0.384. The lowest BCUT2D eigenvalue weighted by Gasteiger charge is -2.37. The van der Waals surface area contributed by atoms with E-state index < -0.39 is 0 Å². The number of hydrogen-bond donors (Lipinski definition) is 0. The second kappa shape index (κ2) is 6.56. The number of benzene rings is 1. The first-order valence-electron chi connectivity index (χ1n) is 7.11. The second-order valence-corrected chi connectivity index (χ2v) is 5.35. The standard InChI is InChI=1S/C15H20N2O4/c1-11-6-7-13(17(19)20)9-14(11)16-8-4-3-5-12(16)10-15(18)21-2/h6-7,9,12H,3-5,8,10H2,1-2H3. The molecule has 1 unspecified atom stereocenters. The third-order valence-corrected chi connectivity index (χ3v) is 3.97. The summed E-state index contributed by atoms with van der Waals surface area (Å²) in [5.74, 6) is -0.241. The minimum absolute atomic E-state index is 0.0481. The number of rotatable bonds is 4. The summed E-state index contributed by atoms with van der Waals surface area (Å²) >= 11 is 0. The molecular formula is C15H20N2O4. The van der Waals surface area contributed by atoms with Crippen molar-refractivity contribution in [3.63, 3.8) is 0 Å². The number of carbonyl (C=O) groups excluding carboxylic acids is 1. The summed E-state index contributed by atoms with van der Waals surface area (Å²) < 4.78 is 4.76. The minimum atomic E-state index is -0.387. The van der Waals surface area contributed by atoms with E-state index in [4.69, 9.17) is 4.74 Å². The fourth-order valence-electron chi connectivity index (χ4n) is 2.83. The number of hydrogen-bond acceptors (Lipinski definition) is 5. The molecule has 0 aromatic heterocycles. The molecule has 0 aliphatic carbocycles. The van der Waals surface area contributed by atoms with Crippen LogP contribution >= 0.6 is 0 Å². The maximum atomic E-state index is 11.6. The highest BCUT2D eigenvalue weighted by atomic mass is 16.6. The van der Waals surface area contributed by atoms with Crippen molar-refractivity contribution in [3.8, 4) is 0 Å². The monoisotopic (exact) mass is 292 g/mol. The number of nitro benzene ring substituents is 1. The molecule has 1 atom stereocenters. The van der Waals surface area contributed by atoms with Crippen LogP contribution in [0.5, 0.6) is 0 Å². The van der Waals surface area contributed by atoms with E-state index in [0.29, 0.717) is 6.42 Å². The lowest BCUT2D eigenvalue weighted by Crippen LogP contribution is -2.41. The summed E-state index contributed by atoms with van der Waals surface area (Å²) in [5, 5.41) is 11.0. The Morgan fingerprint density at radius 1 is 1.48 bits per heavy atom. The number of anilines is 1. The number of esters is 1. The molecule has 0 spiro atoms. The van der Waals surface area contributed by atoms with Gasteiger partial charge in [-0.1, -0.05) is 6.07 Å². The molecule has 114 valence electrons. The van der Waals surface area contributed by atoms with Crippen molar-refractivity contribution >= 4 is 17.3 Å². The Balaban J connectivity index is 2.30. The SMILES string of the molecule is COC(=O)CC1CCCCN1c1cc([N+](=O)[O-])ccc1C. The van der Waals surface area contributed by atoms with E-state index in [-0.39, 0.29) is 22.6 Å². The fourth-order valence-corrected chi connectivity index (χ4v) is 2.83. The van der Waals surface area contributed by atoms with Crippen LogP contribution in [-0.4, -0.2) is 30.6 Å². The summed E-state index contributed by atoms with van der Waals surface area (Å²) in [7, 11) is 1.38. The fraction of sp³-hybridized carbons (Fsp3) is 0.533. The Morgan fingerprint density at radius 3 is 2.90 bits per heavy atom. The molecule has 6 heteroatoms. The molecule has 0 radical (unpaired) electrons. The van der Waals surface area contributed by atoms with Crippen LogP contribution in [0, 0.1) is 17.0 Å². The number of nitro groups is 1. The van der Waals surface area contributed by atoms with E-state index in [0.717, 1.165) is 37.1 Å². The number of carbonyl (C=O) groups is 1. The predicted octanol–water partition coefficient (Wildman–Crippen LogP) is 2.83. The molecule has 1 aromatic rings. The van der Waals surface area contributed by atoms with E-state index in [1.165, 1.54) is 13.2 Å². The van der Waals surface area contributed by atoms with Gasteiger partial charge in [-0.2, -0.15) is 0 Å². The molecule has 0 bridgehead atoms. The van der Waals surface area contributed by atoms with Crippen LogP contribution in [0.4, 0.5) is 11.4 Å². The van der Waals surface area contributed by atoms with Crippen LogP contribution in [0.2, 0.25) is 0 Å². The highest BCUT2D eigenvalue weighted by Crippen LogP contribution is 2.32. The van der Waals surface area contributed by atoms with Crippen LogP contribution in [0.3, 0.4) is 0 Å². The molecule has 0 saturated carbocycles. The second-order valence-electron chi connectivity index (χ2n) is 5.35. The molecule has 1 aliphatic heterocycles. The lowest BCUT2D eigenvalue weighted by atomic mass is 9.97. The normalized spacial score (nSPS) is 18.4. The van der Waals surface area contributed by atoms with E-state index in [2.05, 4.69) is 4.90 Å². The first-order valence-corrected chi connectivity index (χ1v) is 7.11. The molecular weight excluding hydrogens is 272 g/mol. The number of ether oxygens (including phenoxy) is 1. The van der Waals surface area contributed by atoms with Gasteiger partial charge in [-0.25, -0.2) is 0 Å². The van der Waals surface area contributed by atoms with Gasteiger partial charge in [-0.3, -0.25) is 14.9 Å². The molecule has 1 heterocycles. The van der Waals surface area contributed by atoms with Gasteiger partial charge in [0.1, 0.15) is 0 Å². The number of aryl methyl sites for hydroxylation is 1. The van der Waals surface area contributed by atoms with Gasteiger partial charge in [0, 0.05) is 30.4 Å². The quantitative estimate of drug-likeness (QED) is 0.484. The molecule has 1 fully saturated rings. The van der Waals surface area contributed by atoms with Gasteiger partial charge in [0.25, 0.3) is 5.69 Å². The number of piperidine rings is 1. The zero-order valence-corrected chi connectivity index (χ0v) is 12.4. The van der Waals surface area contributed by atoms with Crippen molar-refractivity contribution in [1.29, 1.82) is 0 Å². The molecule has 6 nitrogen and oxygen atoms in total. The van der Waals surface area contributed by atoms with E-state index >= 15 is 0 Å². The van der Waals surface area contributed by atoms with Crippen molar-refractivity contribution in [1.82, 2.24) is 0 Å². The van der Waals surface area contributed by atoms with E-state index in [9.17, 15) is 14.9 Å². The molecule has 1 saturated heterocycles. The Bertz CT molecular complexity index is 544. The summed E-state index contributed by atoms with van der Waals surface area (Å²) in [4.78, 5) is 24.3. The van der Waals surface area contributed by atoms with Crippen molar-refractivity contribution in [2.45, 2.75) is 38.6 Å². The third kappa shape index (κ3) is 3.51. The molecule has 21 heavy (non-hydrogen) atoms. The first-order chi connectivity index (χ1) is 10.0. The van der Waals surface area contributed by atoms with Crippen LogP contribution < -0.4 is 4.90 Å². The van der Waals surface area contributed by atoms with Crippen molar-refractivity contribution in [2.75, 3.05) is 18.6 Å². The van der Waals surface area contributed by atoms with Gasteiger partial charge in [0.05, 0.1) is 18.5 Å². The van der Waals surface area contributed by atoms with Gasteiger partial charge in [-0.05, 0) is 31.7 Å². The topological polar surface area (TPSA) is 72.7 Å². The molecule has 0 amide bonds. The van der Waals surface area contributed by atoms with Crippen LogP contribution in [0.1, 0.15) is 31.2 Å². The summed E-state index contributed by atoms with van der Waals surface area (Å²) in [6.07, 6.45) is 3.31. The zero-order chi connectivity index (χ0) is 15.4. The van der Waals surface area contributed by atoms with Crippen LogP contribution in [-0.2, 0) is 9.53 Å². The highest BCUT2D eigenvalue weighted by Gasteiger charge is 2.27. The van der Waals surface area contributed by atoms with Crippen LogP contribution in [0.15, 0.2) is 18.2 Å². The van der Waals surface area contributed by atoms with Crippen molar-refractivity contribution in [3.05, 3.63) is 33.9 Å². The average Bonchev–Trinajstić information content (AvgIpc) is 2.48. The Hall–Kier alpha value is -2.11. The zero-order valence-electron chi connectivity index (χ0n) is 12.4.